The second-order valence-corrected chi connectivity index (χ2v) is 8.26. The van der Waals surface area contributed by atoms with Gasteiger partial charge in [0.1, 0.15) is 5.65 Å². The zero-order valence-electron chi connectivity index (χ0n) is 15.6. The smallest absolute Gasteiger partial charge is 0.137 e. The number of nitrogens with one attached hydrogen (secondary N) is 1. The van der Waals surface area contributed by atoms with E-state index in [1.54, 1.807) is 0 Å². The lowest BCUT2D eigenvalue weighted by Gasteiger charge is -2.32. The molecule has 2 fully saturated rings. The van der Waals surface area contributed by atoms with Gasteiger partial charge in [-0.2, -0.15) is 0 Å². The summed E-state index contributed by atoms with van der Waals surface area (Å²) in [5, 5.41) is 4.14. The van der Waals surface area contributed by atoms with E-state index in [1.165, 1.54) is 12.8 Å². The average molecular weight is 419 g/mol. The molecule has 5 rings (SSSR count). The van der Waals surface area contributed by atoms with Crippen LogP contribution in [0.2, 0.25) is 5.02 Å². The van der Waals surface area contributed by atoms with Crippen LogP contribution in [0.1, 0.15) is 25.0 Å². The zero-order chi connectivity index (χ0) is 18.3. The largest absolute Gasteiger partial charge is 0.377 e. The van der Waals surface area contributed by atoms with E-state index < -0.39 is 0 Å². The molecule has 2 aliphatic rings. The number of hydrogen-bond donors (Lipinski definition) is 1. The summed E-state index contributed by atoms with van der Waals surface area (Å²) in [6, 6.07) is 9.96. The Morgan fingerprint density at radius 3 is 2.93 bits per heavy atom. The number of aromatic nitrogens is 3. The number of halogens is 2. The zero-order valence-corrected chi connectivity index (χ0v) is 17.2. The van der Waals surface area contributed by atoms with Crippen LogP contribution in [0.3, 0.4) is 0 Å². The Balaban J connectivity index is 0.00000192. The molecule has 28 heavy (non-hydrogen) atoms. The van der Waals surface area contributed by atoms with Gasteiger partial charge in [0, 0.05) is 18.3 Å². The second kappa shape index (κ2) is 7.99. The van der Waals surface area contributed by atoms with E-state index in [4.69, 9.17) is 21.3 Å². The van der Waals surface area contributed by atoms with Crippen LogP contribution in [0, 0.1) is 5.41 Å². The Morgan fingerprint density at radius 2 is 2.07 bits per heavy atom. The topological polar surface area (TPSA) is 51.5 Å². The lowest BCUT2D eigenvalue weighted by molar-refractivity contribution is 0.0863. The minimum Gasteiger partial charge on any atom is -0.377 e. The molecule has 0 aromatic carbocycles. The van der Waals surface area contributed by atoms with Crippen LogP contribution >= 0.6 is 24.0 Å². The summed E-state index contributed by atoms with van der Waals surface area (Å²) >= 11 is 6.16. The van der Waals surface area contributed by atoms with Gasteiger partial charge in [-0.15, -0.1) is 12.4 Å². The maximum absolute atomic E-state index is 6.16. The molecule has 2 aliphatic heterocycles. The summed E-state index contributed by atoms with van der Waals surface area (Å²) in [6.07, 6.45) is 8.45. The first kappa shape index (κ1) is 19.6. The number of rotatable bonds is 3. The number of imidazole rings is 1. The lowest BCUT2D eigenvalue weighted by Crippen LogP contribution is -2.37. The van der Waals surface area contributed by atoms with Crippen molar-refractivity contribution >= 4 is 29.7 Å². The van der Waals surface area contributed by atoms with Crippen LogP contribution < -0.4 is 5.32 Å². The van der Waals surface area contributed by atoms with Crippen LogP contribution in [0.4, 0.5) is 0 Å². The highest BCUT2D eigenvalue weighted by Gasteiger charge is 2.40. The van der Waals surface area contributed by atoms with Gasteiger partial charge in [0.25, 0.3) is 0 Å². The Hall–Kier alpha value is -1.66. The quantitative estimate of drug-likeness (QED) is 0.693. The molecular weight excluding hydrogens is 395 g/mol. The van der Waals surface area contributed by atoms with Crippen molar-refractivity contribution in [2.45, 2.75) is 31.8 Å². The molecule has 5 nitrogen and oxygen atoms in total. The van der Waals surface area contributed by atoms with E-state index >= 15 is 0 Å². The minimum absolute atomic E-state index is 0. The van der Waals surface area contributed by atoms with Crippen molar-refractivity contribution in [3.05, 3.63) is 53.4 Å². The molecule has 3 aromatic rings. The van der Waals surface area contributed by atoms with Crippen molar-refractivity contribution in [2.75, 3.05) is 19.7 Å². The van der Waals surface area contributed by atoms with Crippen molar-refractivity contribution in [2.24, 2.45) is 5.41 Å². The van der Waals surface area contributed by atoms with E-state index in [0.717, 1.165) is 55.3 Å². The van der Waals surface area contributed by atoms with Crippen LogP contribution in [-0.2, 0) is 11.2 Å². The fourth-order valence-corrected chi connectivity index (χ4v) is 4.61. The summed E-state index contributed by atoms with van der Waals surface area (Å²) in [4.78, 5) is 9.36. The SMILES string of the molecule is Cl.Clc1ccc2ncc(-c3cccc(CC4CC5(CCNCC5)CO4)n3)n2c1. The van der Waals surface area contributed by atoms with Gasteiger partial charge in [-0.3, -0.25) is 9.38 Å². The third-order valence-electron chi connectivity index (χ3n) is 5.93. The van der Waals surface area contributed by atoms with Crippen molar-refractivity contribution in [3.8, 4) is 11.4 Å². The minimum atomic E-state index is 0. The first-order valence-electron chi connectivity index (χ1n) is 9.62. The molecule has 1 atom stereocenters. The summed E-state index contributed by atoms with van der Waals surface area (Å²) in [5.74, 6) is 0. The number of piperidine rings is 1. The number of fused-ring (bicyclic) bond motifs is 1. The van der Waals surface area contributed by atoms with Crippen LogP contribution in [-0.4, -0.2) is 40.2 Å². The molecule has 0 radical (unpaired) electrons. The molecule has 3 aromatic heterocycles. The number of nitrogens with zero attached hydrogens (tertiary/aromatic N) is 3. The maximum Gasteiger partial charge on any atom is 0.137 e. The third-order valence-corrected chi connectivity index (χ3v) is 6.15. The molecule has 1 N–H and O–H groups in total. The van der Waals surface area contributed by atoms with Gasteiger partial charge in [-0.05, 0) is 62.0 Å². The van der Waals surface area contributed by atoms with Gasteiger partial charge in [0.15, 0.2) is 0 Å². The lowest BCUT2D eigenvalue weighted by atomic mass is 9.77. The van der Waals surface area contributed by atoms with E-state index in [1.807, 2.05) is 35.0 Å². The molecule has 148 valence electrons. The highest BCUT2D eigenvalue weighted by molar-refractivity contribution is 6.30. The molecule has 0 aliphatic carbocycles. The standard InChI is InChI=1S/C21H23ClN4O.ClH/c22-15-4-5-20-24-12-19(26(20)13-15)18-3-1-2-16(25-18)10-17-11-21(14-27-17)6-8-23-9-7-21;/h1-5,12-13,17,23H,6-11,14H2;1H. The van der Waals surface area contributed by atoms with Gasteiger partial charge >= 0.3 is 0 Å². The second-order valence-electron chi connectivity index (χ2n) is 7.82. The summed E-state index contributed by atoms with van der Waals surface area (Å²) in [5.41, 5.74) is 4.19. The van der Waals surface area contributed by atoms with Crippen molar-refractivity contribution in [1.82, 2.24) is 19.7 Å². The van der Waals surface area contributed by atoms with Crippen molar-refractivity contribution in [3.63, 3.8) is 0 Å². The summed E-state index contributed by atoms with van der Waals surface area (Å²) < 4.78 is 8.15. The molecule has 0 bridgehead atoms. The Kier molecular flexibility index (Phi) is 5.61. The Morgan fingerprint density at radius 1 is 1.21 bits per heavy atom. The van der Waals surface area contributed by atoms with E-state index in [9.17, 15) is 0 Å². The molecule has 1 unspecified atom stereocenters. The van der Waals surface area contributed by atoms with Crippen LogP contribution in [0.25, 0.3) is 17.0 Å². The summed E-state index contributed by atoms with van der Waals surface area (Å²) in [6.45, 7) is 3.12. The third kappa shape index (κ3) is 3.77. The Bertz CT molecular complexity index is 968. The predicted octanol–water partition coefficient (Wildman–Crippen LogP) is 4.17. The van der Waals surface area contributed by atoms with Gasteiger partial charge in [0.2, 0.25) is 0 Å². The average Bonchev–Trinajstić information content (AvgIpc) is 3.27. The Labute approximate surface area is 175 Å². The van der Waals surface area contributed by atoms with E-state index in [2.05, 4.69) is 22.4 Å². The monoisotopic (exact) mass is 418 g/mol. The van der Waals surface area contributed by atoms with Gasteiger partial charge in [-0.1, -0.05) is 17.7 Å². The first-order valence-corrected chi connectivity index (χ1v) is 10.00. The fourth-order valence-electron chi connectivity index (χ4n) is 4.45. The molecular formula is C21H24Cl2N4O. The molecule has 2 saturated heterocycles. The first-order chi connectivity index (χ1) is 13.2. The molecule has 5 heterocycles. The number of ether oxygens (including phenoxy) is 1. The molecule has 1 spiro atoms. The van der Waals surface area contributed by atoms with Crippen molar-refractivity contribution < 1.29 is 4.74 Å². The van der Waals surface area contributed by atoms with Gasteiger partial charge < -0.3 is 10.1 Å². The maximum atomic E-state index is 6.16. The number of pyridine rings is 2. The number of hydrogen-bond acceptors (Lipinski definition) is 4. The van der Waals surface area contributed by atoms with E-state index in [-0.39, 0.29) is 18.5 Å². The molecule has 7 heteroatoms. The van der Waals surface area contributed by atoms with Crippen LogP contribution in [0.5, 0.6) is 0 Å². The normalized spacial score (nSPS) is 21.1. The van der Waals surface area contributed by atoms with E-state index in [0.29, 0.717) is 10.4 Å². The predicted molar refractivity (Wildman–Crippen MR) is 113 cm³/mol. The highest BCUT2D eigenvalue weighted by Crippen LogP contribution is 2.41. The summed E-state index contributed by atoms with van der Waals surface area (Å²) in [7, 11) is 0. The van der Waals surface area contributed by atoms with Crippen LogP contribution in [0.15, 0.2) is 42.7 Å². The van der Waals surface area contributed by atoms with Crippen molar-refractivity contribution in [1.29, 1.82) is 0 Å². The van der Waals surface area contributed by atoms with Gasteiger partial charge in [-0.25, -0.2) is 4.98 Å². The fraction of sp³-hybridized carbons (Fsp3) is 0.429. The molecule has 0 amide bonds. The molecule has 0 saturated carbocycles. The van der Waals surface area contributed by atoms with Gasteiger partial charge in [0.05, 0.1) is 35.3 Å². The highest BCUT2D eigenvalue weighted by atomic mass is 35.5.